The van der Waals surface area contributed by atoms with Crippen LogP contribution in [0.2, 0.25) is 0 Å². The molecule has 2 fully saturated rings. The van der Waals surface area contributed by atoms with Crippen LogP contribution in [0.5, 0.6) is 0 Å². The van der Waals surface area contributed by atoms with E-state index in [1.54, 1.807) is 0 Å². The normalized spacial score (nSPS) is 39.0. The number of hydrogen-bond acceptors (Lipinski definition) is 1. The maximum absolute atomic E-state index is 3.76. The Morgan fingerprint density at radius 1 is 1.00 bits per heavy atom. The highest BCUT2D eigenvalue weighted by atomic mass is 14.9. The third-order valence-electron chi connectivity index (χ3n) is 4.29. The molecular weight excluding hydrogens is 182 g/mol. The number of hydrogen-bond donors (Lipinski definition) is 1. The van der Waals surface area contributed by atoms with Gasteiger partial charge in [0.05, 0.1) is 0 Å². The van der Waals surface area contributed by atoms with Gasteiger partial charge in [0.25, 0.3) is 0 Å². The van der Waals surface area contributed by atoms with Crippen LogP contribution in [-0.2, 0) is 0 Å². The lowest BCUT2D eigenvalue weighted by Crippen LogP contribution is -2.41. The first kappa shape index (κ1) is 11.4. The minimum absolute atomic E-state index is 0.847. The summed E-state index contributed by atoms with van der Waals surface area (Å²) in [6.45, 7) is 8.29. The highest BCUT2D eigenvalue weighted by molar-refractivity contribution is 4.93. The third-order valence-corrected chi connectivity index (χ3v) is 4.29. The lowest BCUT2D eigenvalue weighted by Gasteiger charge is -2.37. The molecule has 3 unspecified atom stereocenters. The third kappa shape index (κ3) is 2.96. The molecule has 0 aromatic rings. The van der Waals surface area contributed by atoms with Crippen molar-refractivity contribution in [3.05, 3.63) is 0 Å². The molecule has 2 aliphatic rings. The summed E-state index contributed by atoms with van der Waals surface area (Å²) in [5.41, 5.74) is 0. The average molecular weight is 209 g/mol. The molecule has 0 aromatic heterocycles. The van der Waals surface area contributed by atoms with Crippen molar-refractivity contribution in [2.24, 2.45) is 23.7 Å². The summed E-state index contributed by atoms with van der Waals surface area (Å²) < 4.78 is 0. The van der Waals surface area contributed by atoms with Gasteiger partial charge in [-0.05, 0) is 62.3 Å². The van der Waals surface area contributed by atoms with Gasteiger partial charge in [-0.3, -0.25) is 0 Å². The van der Waals surface area contributed by atoms with Crippen molar-refractivity contribution in [3.8, 4) is 0 Å². The molecule has 0 aromatic carbocycles. The van der Waals surface area contributed by atoms with Crippen LogP contribution < -0.4 is 5.32 Å². The van der Waals surface area contributed by atoms with Gasteiger partial charge in [-0.2, -0.15) is 0 Å². The summed E-state index contributed by atoms with van der Waals surface area (Å²) in [5.74, 6) is 3.90. The second kappa shape index (κ2) is 4.86. The first-order valence-electron chi connectivity index (χ1n) is 6.94. The van der Waals surface area contributed by atoms with Crippen LogP contribution in [0.25, 0.3) is 0 Å². The van der Waals surface area contributed by atoms with Gasteiger partial charge < -0.3 is 5.32 Å². The Kier molecular flexibility index (Phi) is 3.71. The zero-order valence-corrected chi connectivity index (χ0v) is 10.6. The van der Waals surface area contributed by atoms with Crippen molar-refractivity contribution >= 4 is 0 Å². The summed E-state index contributed by atoms with van der Waals surface area (Å²) in [6.07, 6.45) is 7.37. The van der Waals surface area contributed by atoms with Crippen molar-refractivity contribution in [2.75, 3.05) is 6.54 Å². The quantitative estimate of drug-likeness (QED) is 0.748. The van der Waals surface area contributed by atoms with E-state index in [-0.39, 0.29) is 0 Å². The minimum atomic E-state index is 0.847. The van der Waals surface area contributed by atoms with E-state index < -0.39 is 0 Å². The fourth-order valence-corrected chi connectivity index (χ4v) is 3.71. The minimum Gasteiger partial charge on any atom is -0.314 e. The summed E-state index contributed by atoms with van der Waals surface area (Å²) in [4.78, 5) is 0. The SMILES string of the molecule is CCNC(C1CC1)C1CC(C)CC(C)C1. The molecule has 0 spiro atoms. The van der Waals surface area contributed by atoms with Gasteiger partial charge in [-0.1, -0.05) is 20.8 Å². The number of rotatable bonds is 4. The van der Waals surface area contributed by atoms with Gasteiger partial charge in [-0.25, -0.2) is 0 Å². The Morgan fingerprint density at radius 2 is 1.60 bits per heavy atom. The summed E-state index contributed by atoms with van der Waals surface area (Å²) >= 11 is 0. The molecule has 0 saturated heterocycles. The molecule has 3 atom stereocenters. The zero-order chi connectivity index (χ0) is 10.8. The molecule has 2 aliphatic carbocycles. The molecular formula is C14H27N. The largest absolute Gasteiger partial charge is 0.314 e. The summed E-state index contributed by atoms with van der Waals surface area (Å²) in [6, 6.07) is 0.847. The van der Waals surface area contributed by atoms with E-state index in [4.69, 9.17) is 0 Å². The summed E-state index contributed by atoms with van der Waals surface area (Å²) in [7, 11) is 0. The lowest BCUT2D eigenvalue weighted by molar-refractivity contribution is 0.166. The van der Waals surface area contributed by atoms with Crippen molar-refractivity contribution in [2.45, 2.75) is 58.9 Å². The predicted octanol–water partition coefficient (Wildman–Crippen LogP) is 3.45. The smallest absolute Gasteiger partial charge is 0.0124 e. The van der Waals surface area contributed by atoms with Gasteiger partial charge in [0.2, 0.25) is 0 Å². The van der Waals surface area contributed by atoms with E-state index in [9.17, 15) is 0 Å². The van der Waals surface area contributed by atoms with E-state index in [1.807, 2.05) is 0 Å². The van der Waals surface area contributed by atoms with Gasteiger partial charge in [0, 0.05) is 6.04 Å². The molecule has 0 bridgehead atoms. The molecule has 88 valence electrons. The maximum Gasteiger partial charge on any atom is 0.0124 e. The Balaban J connectivity index is 1.93. The van der Waals surface area contributed by atoms with Gasteiger partial charge >= 0.3 is 0 Å². The molecule has 1 nitrogen and oxygen atoms in total. The zero-order valence-electron chi connectivity index (χ0n) is 10.6. The Morgan fingerprint density at radius 3 is 2.07 bits per heavy atom. The maximum atomic E-state index is 3.76. The molecule has 0 aliphatic heterocycles. The lowest BCUT2D eigenvalue weighted by atomic mass is 9.73. The topological polar surface area (TPSA) is 12.0 Å². The van der Waals surface area contributed by atoms with Crippen molar-refractivity contribution < 1.29 is 0 Å². The van der Waals surface area contributed by atoms with Gasteiger partial charge in [-0.15, -0.1) is 0 Å². The predicted molar refractivity (Wildman–Crippen MR) is 65.9 cm³/mol. The van der Waals surface area contributed by atoms with Crippen LogP contribution in [0.3, 0.4) is 0 Å². The molecule has 1 N–H and O–H groups in total. The molecule has 15 heavy (non-hydrogen) atoms. The standard InChI is InChI=1S/C14H27N/c1-4-15-14(12-5-6-12)13-8-10(2)7-11(3)9-13/h10-15H,4-9H2,1-3H3. The van der Waals surface area contributed by atoms with Crippen LogP contribution in [0.4, 0.5) is 0 Å². The fourth-order valence-electron chi connectivity index (χ4n) is 3.71. The van der Waals surface area contributed by atoms with Crippen LogP contribution in [0.1, 0.15) is 52.9 Å². The van der Waals surface area contributed by atoms with Crippen molar-refractivity contribution in [1.29, 1.82) is 0 Å². The van der Waals surface area contributed by atoms with Crippen molar-refractivity contribution in [3.63, 3.8) is 0 Å². The van der Waals surface area contributed by atoms with Crippen molar-refractivity contribution in [1.82, 2.24) is 5.32 Å². The molecule has 2 rings (SSSR count). The molecule has 2 saturated carbocycles. The highest BCUT2D eigenvalue weighted by Gasteiger charge is 2.38. The Bertz CT molecular complexity index is 188. The van der Waals surface area contributed by atoms with Gasteiger partial charge in [0.15, 0.2) is 0 Å². The average Bonchev–Trinajstić information content (AvgIpc) is 2.95. The Hall–Kier alpha value is -0.0400. The fraction of sp³-hybridized carbons (Fsp3) is 1.00. The second-order valence-electron chi connectivity index (χ2n) is 6.10. The van der Waals surface area contributed by atoms with E-state index in [0.717, 1.165) is 36.3 Å². The van der Waals surface area contributed by atoms with E-state index in [0.29, 0.717) is 0 Å². The number of nitrogens with one attached hydrogen (secondary N) is 1. The monoisotopic (exact) mass is 209 g/mol. The van der Waals surface area contributed by atoms with Crippen LogP contribution in [-0.4, -0.2) is 12.6 Å². The first-order chi connectivity index (χ1) is 7.20. The second-order valence-corrected chi connectivity index (χ2v) is 6.10. The van der Waals surface area contributed by atoms with Crippen LogP contribution >= 0.6 is 0 Å². The highest BCUT2D eigenvalue weighted by Crippen LogP contribution is 2.42. The molecule has 0 radical (unpaired) electrons. The van der Waals surface area contributed by atoms with E-state index in [1.165, 1.54) is 32.1 Å². The Labute approximate surface area is 95.0 Å². The summed E-state index contributed by atoms with van der Waals surface area (Å²) in [5, 5.41) is 3.76. The molecule has 1 heteroatoms. The van der Waals surface area contributed by atoms with Gasteiger partial charge in [0.1, 0.15) is 0 Å². The van der Waals surface area contributed by atoms with Crippen LogP contribution in [0.15, 0.2) is 0 Å². The molecule has 0 amide bonds. The van der Waals surface area contributed by atoms with Crippen LogP contribution in [0, 0.1) is 23.7 Å². The van der Waals surface area contributed by atoms with E-state index >= 15 is 0 Å². The first-order valence-corrected chi connectivity index (χ1v) is 6.94. The van der Waals surface area contributed by atoms with E-state index in [2.05, 4.69) is 26.1 Å². The molecule has 0 heterocycles.